The predicted molar refractivity (Wildman–Crippen MR) is 295 cm³/mol. The van der Waals surface area contributed by atoms with Gasteiger partial charge < -0.3 is 80.2 Å². The van der Waals surface area contributed by atoms with Gasteiger partial charge in [-0.15, -0.1) is 0 Å². The van der Waals surface area contributed by atoms with E-state index in [1.54, 1.807) is 74.5 Å². The second-order valence-corrected chi connectivity index (χ2v) is 20.4. The first-order valence-electron chi connectivity index (χ1n) is 27.2. The Bertz CT molecular complexity index is 2550. The van der Waals surface area contributed by atoms with Gasteiger partial charge in [0.25, 0.3) is 0 Å². The molecule has 0 aliphatic carbocycles. The molecule has 27 heteroatoms. The molecule has 0 saturated carbocycles. The fraction of sp³-hybridized carbons (Fsp3) is 0.556. The zero-order valence-electron chi connectivity index (χ0n) is 46.3. The van der Waals surface area contributed by atoms with Crippen molar-refractivity contribution in [3.05, 3.63) is 71.8 Å². The first kappa shape index (κ1) is 65.3. The number of carbonyl (C=O) groups is 11. The molecule has 0 aromatic heterocycles. The molecule has 0 bridgehead atoms. The number of nitrogens with two attached hydrogens (primary N) is 4. The number of nitrogens with zero attached hydrogens (tertiary/aromatic N) is 3. The number of likely N-dealkylation sites (tertiary alicyclic amines) is 2. The van der Waals surface area contributed by atoms with Gasteiger partial charge in [-0.05, 0) is 75.8 Å². The number of carboxylic acids is 1. The maximum absolute atomic E-state index is 14.5. The molecule has 2 saturated heterocycles. The van der Waals surface area contributed by atoms with Crippen LogP contribution in [0.2, 0.25) is 0 Å². The van der Waals surface area contributed by atoms with Gasteiger partial charge in [0, 0.05) is 38.9 Å². The largest absolute Gasteiger partial charge is 0.481 e. The molecule has 2 heterocycles. The van der Waals surface area contributed by atoms with Gasteiger partial charge >= 0.3 is 5.97 Å². The fourth-order valence-electron chi connectivity index (χ4n) is 9.40. The molecule has 81 heavy (non-hydrogen) atoms. The molecule has 0 radical (unpaired) electrons. The summed E-state index contributed by atoms with van der Waals surface area (Å²) in [4.78, 5) is 155. The minimum Gasteiger partial charge on any atom is -0.481 e. The van der Waals surface area contributed by atoms with E-state index in [1.165, 1.54) is 18.7 Å². The number of hydrogen-bond donors (Lipinski definition) is 13. The Morgan fingerprint density at radius 2 is 1.09 bits per heavy atom. The molecular formula is C54H80N14O13. The van der Waals surface area contributed by atoms with E-state index < -0.39 is 144 Å². The number of hydrogen-bond acceptors (Lipinski definition) is 14. The summed E-state index contributed by atoms with van der Waals surface area (Å²) in [5.74, 6) is -9.82. The SMILES string of the molecule is CC[C@H](C)[C@H](NC(=O)[C@H](Cc1ccccc1)NC(=O)[C@@H]1CCCN1C(=O)[C@H](CO)NC(=O)[C@H](C)NC(=O)[C@H](CCC(=O)O)NC(=O)[C@@H]1CCCN1C(=O)[C@H](C)N)C(=O)N[C@@H](CCCN=C(N)N)C(=O)N[C@@H](Cc1ccccc1)C(N)=O. The van der Waals surface area contributed by atoms with Gasteiger partial charge in [-0.1, -0.05) is 80.9 Å². The molecule has 17 N–H and O–H groups in total. The van der Waals surface area contributed by atoms with Crippen LogP contribution in [0, 0.1) is 5.92 Å². The quantitative estimate of drug-likeness (QED) is 0.0199. The fourth-order valence-corrected chi connectivity index (χ4v) is 9.40. The molecule has 2 aromatic rings. The third kappa shape index (κ3) is 20.1. The van der Waals surface area contributed by atoms with Crippen molar-refractivity contribution in [2.75, 3.05) is 26.2 Å². The van der Waals surface area contributed by atoms with Crippen molar-refractivity contribution >= 4 is 71.0 Å². The van der Waals surface area contributed by atoms with Crippen molar-refractivity contribution in [1.82, 2.24) is 47.0 Å². The first-order chi connectivity index (χ1) is 38.4. The highest BCUT2D eigenvalue weighted by Crippen LogP contribution is 2.21. The molecule has 27 nitrogen and oxygen atoms in total. The molecular weight excluding hydrogens is 1050 g/mol. The predicted octanol–water partition coefficient (Wildman–Crippen LogP) is -3.34. The van der Waals surface area contributed by atoms with Crippen molar-refractivity contribution < 1.29 is 63.0 Å². The molecule has 0 unspecified atom stereocenters. The average molecular weight is 1130 g/mol. The first-order valence-corrected chi connectivity index (χ1v) is 27.2. The number of primary amides is 1. The zero-order valence-corrected chi connectivity index (χ0v) is 46.3. The highest BCUT2D eigenvalue weighted by atomic mass is 16.4. The van der Waals surface area contributed by atoms with E-state index in [4.69, 9.17) is 22.9 Å². The highest BCUT2D eigenvalue weighted by molar-refractivity contribution is 5.99. The Balaban J connectivity index is 1.49. The van der Waals surface area contributed by atoms with Gasteiger partial charge in [0.2, 0.25) is 59.1 Å². The maximum Gasteiger partial charge on any atom is 0.303 e. The van der Waals surface area contributed by atoms with E-state index in [9.17, 15) is 63.0 Å². The summed E-state index contributed by atoms with van der Waals surface area (Å²) in [6.45, 7) is 5.62. The molecule has 444 valence electrons. The summed E-state index contributed by atoms with van der Waals surface area (Å²) in [6.07, 6.45) is 0.826. The Hall–Kier alpha value is -8.20. The van der Waals surface area contributed by atoms with Crippen LogP contribution in [0.4, 0.5) is 0 Å². The number of aliphatic carboxylic acids is 1. The van der Waals surface area contributed by atoms with Crippen molar-refractivity contribution in [2.45, 2.75) is 159 Å². The van der Waals surface area contributed by atoms with Gasteiger partial charge in [0.1, 0.15) is 54.4 Å². The average Bonchev–Trinajstić information content (AvgIpc) is 4.16. The van der Waals surface area contributed by atoms with Crippen molar-refractivity contribution in [3.8, 4) is 0 Å². The summed E-state index contributed by atoms with van der Waals surface area (Å²) >= 11 is 0. The lowest BCUT2D eigenvalue weighted by atomic mass is 9.96. The number of aliphatic hydroxyl groups is 1. The van der Waals surface area contributed by atoms with Crippen LogP contribution >= 0.6 is 0 Å². The third-order valence-corrected chi connectivity index (χ3v) is 14.1. The second kappa shape index (κ2) is 32.2. The number of amides is 10. The number of carboxylic acid groups (broad SMARTS) is 1. The van der Waals surface area contributed by atoms with Gasteiger partial charge in [0.05, 0.1) is 12.6 Å². The van der Waals surface area contributed by atoms with Crippen molar-refractivity contribution in [1.29, 1.82) is 0 Å². The Kier molecular flexibility index (Phi) is 25.9. The standard InChI is InChI=1S/C54H80N14O13/c1-5-30(2)43(51(79)62-35(19-12-24-59-54(57)58)47(75)63-37(44(56)72)27-33-15-8-6-9-16-33)66-48(76)38(28-34-17-10-7-11-18-34)64-50(78)41-21-14-26-68(41)53(81)39(29-69)65-45(73)32(4)60-46(74)36(22-23-42(70)71)61-49(77)40-20-13-25-67(40)52(80)31(3)55/h6-11,15-18,30-32,35-41,43,69H,5,12-14,19-29,55H2,1-4H3,(H2,56,72)(H,60,74)(H,61,77)(H,62,79)(H,63,75)(H,64,78)(H,65,73)(H,66,76)(H,70,71)(H4,57,58,59)/t30-,31-,32-,35-,36-,37-,38-,39-,40-,41-,43-/m0/s1. The maximum atomic E-state index is 14.5. The number of aliphatic hydroxyl groups excluding tert-OH is 1. The van der Waals surface area contributed by atoms with Gasteiger partial charge in [-0.3, -0.25) is 57.7 Å². The Morgan fingerprint density at radius 1 is 0.605 bits per heavy atom. The van der Waals surface area contributed by atoms with Crippen molar-refractivity contribution in [3.63, 3.8) is 0 Å². The summed E-state index contributed by atoms with van der Waals surface area (Å²) in [5, 5.41) is 38.0. The molecule has 4 rings (SSSR count). The van der Waals surface area contributed by atoms with Crippen LogP contribution in [0.15, 0.2) is 65.7 Å². The van der Waals surface area contributed by atoms with Gasteiger partial charge in [-0.2, -0.15) is 0 Å². The number of aliphatic imine (C=N–C) groups is 1. The van der Waals surface area contributed by atoms with Gasteiger partial charge in [0.15, 0.2) is 5.96 Å². The van der Waals surface area contributed by atoms with Crippen LogP contribution in [0.3, 0.4) is 0 Å². The molecule has 2 fully saturated rings. The number of carbonyl (C=O) groups excluding carboxylic acids is 10. The van der Waals surface area contributed by atoms with E-state index in [0.717, 1.165) is 4.90 Å². The Labute approximate surface area is 470 Å². The van der Waals surface area contributed by atoms with E-state index >= 15 is 0 Å². The van der Waals surface area contributed by atoms with E-state index in [2.05, 4.69) is 42.2 Å². The monoisotopic (exact) mass is 1130 g/mol. The number of rotatable bonds is 31. The summed E-state index contributed by atoms with van der Waals surface area (Å²) in [7, 11) is 0. The van der Waals surface area contributed by atoms with Crippen LogP contribution in [0.25, 0.3) is 0 Å². The zero-order chi connectivity index (χ0) is 59.9. The van der Waals surface area contributed by atoms with Crippen LogP contribution in [-0.4, -0.2) is 178 Å². The van der Waals surface area contributed by atoms with Crippen LogP contribution in [0.5, 0.6) is 0 Å². The topological polar surface area (TPSA) is 435 Å². The lowest BCUT2D eigenvalue weighted by molar-refractivity contribution is -0.143. The lowest BCUT2D eigenvalue weighted by Gasteiger charge is -2.31. The molecule has 10 amide bonds. The number of benzene rings is 2. The Morgan fingerprint density at radius 3 is 1.59 bits per heavy atom. The summed E-state index contributed by atoms with van der Waals surface area (Å²) in [5.41, 5.74) is 23.8. The minimum absolute atomic E-state index is 0.00458. The smallest absolute Gasteiger partial charge is 0.303 e. The van der Waals surface area contributed by atoms with Crippen LogP contribution < -0.4 is 60.2 Å². The van der Waals surface area contributed by atoms with Crippen LogP contribution in [0.1, 0.15) is 96.6 Å². The van der Waals surface area contributed by atoms with Crippen LogP contribution in [-0.2, 0) is 65.6 Å². The molecule has 2 aromatic carbocycles. The second-order valence-electron chi connectivity index (χ2n) is 20.4. The van der Waals surface area contributed by atoms with E-state index in [-0.39, 0.29) is 70.5 Å². The highest BCUT2D eigenvalue weighted by Gasteiger charge is 2.41. The third-order valence-electron chi connectivity index (χ3n) is 14.1. The normalized spacial score (nSPS) is 18.1. The number of guanidine groups is 1. The molecule has 0 spiro atoms. The van der Waals surface area contributed by atoms with Crippen molar-refractivity contribution in [2.24, 2.45) is 33.8 Å². The molecule has 11 atom stereocenters. The molecule has 2 aliphatic rings. The molecule has 2 aliphatic heterocycles. The van der Waals surface area contributed by atoms with Gasteiger partial charge in [-0.25, -0.2) is 0 Å². The summed E-state index contributed by atoms with van der Waals surface area (Å²) in [6, 6.07) is 4.88. The van der Waals surface area contributed by atoms with E-state index in [0.29, 0.717) is 30.4 Å². The van der Waals surface area contributed by atoms with E-state index in [1.807, 2.05) is 0 Å². The minimum atomic E-state index is -1.63. The lowest BCUT2D eigenvalue weighted by Crippen LogP contribution is -2.61. The summed E-state index contributed by atoms with van der Waals surface area (Å²) < 4.78 is 0. The number of nitrogens with one attached hydrogen (secondary N) is 7.